The molecule has 0 saturated carbocycles. The maximum absolute atomic E-state index is 5.54. The molecule has 14 heavy (non-hydrogen) atoms. The van der Waals surface area contributed by atoms with Crippen molar-refractivity contribution in [2.75, 3.05) is 0 Å². The zero-order chi connectivity index (χ0) is 10.4. The summed E-state index contributed by atoms with van der Waals surface area (Å²) in [5.41, 5.74) is 10.9. The highest BCUT2D eigenvalue weighted by Gasteiger charge is 1.92. The summed E-state index contributed by atoms with van der Waals surface area (Å²) in [6.07, 6.45) is 2.97. The molecule has 3 nitrogen and oxygen atoms in total. The smallest absolute Gasteiger partial charge is 0.190 e. The van der Waals surface area contributed by atoms with Crippen molar-refractivity contribution < 1.29 is 4.74 Å². The van der Waals surface area contributed by atoms with Crippen LogP contribution < -0.4 is 16.2 Å². The molecule has 0 fully saturated rings. The van der Waals surface area contributed by atoms with Crippen molar-refractivity contribution in [2.24, 2.45) is 11.5 Å². The lowest BCUT2D eigenvalue weighted by Crippen LogP contribution is -2.05. The van der Waals surface area contributed by atoms with Crippen LogP contribution in [0.1, 0.15) is 0 Å². The summed E-state index contributed by atoms with van der Waals surface area (Å²) >= 11 is 0. The molecular weight excluding hydrogens is 175 g/mol. The van der Waals surface area contributed by atoms with Crippen molar-refractivity contribution in [1.29, 1.82) is 0 Å². The molecule has 1 aromatic carbocycles. The van der Waals surface area contributed by atoms with Crippen molar-refractivity contribution in [3.63, 3.8) is 0 Å². The van der Waals surface area contributed by atoms with Crippen LogP contribution in [0.4, 0.5) is 0 Å². The topological polar surface area (TPSA) is 61.3 Å². The van der Waals surface area contributed by atoms with E-state index in [1.54, 1.807) is 12.1 Å². The van der Waals surface area contributed by atoms with E-state index in [1.807, 2.05) is 18.2 Å². The molecule has 0 heterocycles. The molecule has 0 bridgehead atoms. The Labute approximate surface area is 84.5 Å². The van der Waals surface area contributed by atoms with Gasteiger partial charge in [-0.1, -0.05) is 18.2 Å². The van der Waals surface area contributed by atoms with Crippen LogP contribution in [0.3, 0.4) is 0 Å². The van der Waals surface area contributed by atoms with Gasteiger partial charge in [0.05, 0.1) is 0 Å². The molecule has 0 unspecified atom stereocenters. The molecule has 70 valence electrons. The van der Waals surface area contributed by atoms with E-state index in [0.717, 1.165) is 0 Å². The average Bonchev–Trinajstić information content (AvgIpc) is 2.16. The van der Waals surface area contributed by atoms with E-state index in [0.29, 0.717) is 5.75 Å². The largest absolute Gasteiger partial charge is 0.442 e. The van der Waals surface area contributed by atoms with Crippen LogP contribution in [0.15, 0.2) is 54.0 Å². The Hall–Kier alpha value is -1.84. The average molecular weight is 186 g/mol. The summed E-state index contributed by atoms with van der Waals surface area (Å²) in [6, 6.07) is 9.21. The first kappa shape index (κ1) is 10.2. The highest BCUT2D eigenvalue weighted by molar-refractivity contribution is 6.21. The van der Waals surface area contributed by atoms with Crippen LogP contribution >= 0.6 is 0 Å². The lowest BCUT2D eigenvalue weighted by atomic mass is 10.1. The third-order valence-electron chi connectivity index (χ3n) is 1.42. The van der Waals surface area contributed by atoms with Crippen LogP contribution in [0.25, 0.3) is 0 Å². The van der Waals surface area contributed by atoms with Crippen LogP contribution in [0.5, 0.6) is 5.75 Å². The fourth-order valence-electron chi connectivity index (χ4n) is 0.837. The van der Waals surface area contributed by atoms with Crippen molar-refractivity contribution >= 4 is 7.85 Å². The highest BCUT2D eigenvalue weighted by Crippen LogP contribution is 2.10. The predicted octanol–water partition coefficient (Wildman–Crippen LogP) is 0.834. The van der Waals surface area contributed by atoms with Crippen molar-refractivity contribution in [3.8, 4) is 5.75 Å². The fourth-order valence-corrected chi connectivity index (χ4v) is 0.837. The van der Waals surface area contributed by atoms with Crippen LogP contribution in [0, 0.1) is 0 Å². The van der Waals surface area contributed by atoms with Gasteiger partial charge in [0.25, 0.3) is 0 Å². The maximum atomic E-state index is 5.54. The number of hydrogen-bond donors (Lipinski definition) is 2. The molecule has 4 heteroatoms. The third kappa shape index (κ3) is 3.71. The minimum Gasteiger partial charge on any atom is -0.442 e. The van der Waals surface area contributed by atoms with Gasteiger partial charge < -0.3 is 16.2 Å². The zero-order valence-corrected chi connectivity index (χ0v) is 7.68. The molecule has 0 aromatic heterocycles. The fraction of sp³-hybridized carbons (Fsp3) is 0. The van der Waals surface area contributed by atoms with Crippen LogP contribution in [0.2, 0.25) is 0 Å². The van der Waals surface area contributed by atoms with Gasteiger partial charge in [-0.2, -0.15) is 0 Å². The number of benzene rings is 1. The van der Waals surface area contributed by atoms with Crippen molar-refractivity contribution in [2.45, 2.75) is 0 Å². The molecule has 0 aliphatic rings. The summed E-state index contributed by atoms with van der Waals surface area (Å²) in [5, 5.41) is 0. The third-order valence-corrected chi connectivity index (χ3v) is 1.42. The van der Waals surface area contributed by atoms with E-state index in [9.17, 15) is 0 Å². The first-order valence-electron chi connectivity index (χ1n) is 4.10. The predicted molar refractivity (Wildman–Crippen MR) is 57.4 cm³/mol. The lowest BCUT2D eigenvalue weighted by Gasteiger charge is -2.03. The molecule has 0 amide bonds. The van der Waals surface area contributed by atoms with E-state index < -0.39 is 0 Å². The Morgan fingerprint density at radius 2 is 1.79 bits per heavy atom. The Kier molecular flexibility index (Phi) is 3.67. The number of rotatable bonds is 3. The van der Waals surface area contributed by atoms with Gasteiger partial charge in [-0.05, 0) is 29.9 Å². The van der Waals surface area contributed by atoms with E-state index >= 15 is 0 Å². The number of para-hydroxylation sites is 1. The van der Waals surface area contributed by atoms with Crippen molar-refractivity contribution in [3.05, 3.63) is 54.0 Å². The Balaban J connectivity index is 2.62. The standard InChI is InChI=1S/C10H11BN2O/c11-9(12)6-7-10(13)14-8-4-2-1-3-5-8/h1-7H,12-13H2/b9-6-,10-7+. The first-order chi connectivity index (χ1) is 6.68. The SMILES string of the molecule is [B]/C(N)=C/C=C(\N)Oc1ccccc1. The molecule has 0 atom stereocenters. The normalized spacial score (nSPS) is 12.6. The first-order valence-corrected chi connectivity index (χ1v) is 4.10. The Morgan fingerprint density at radius 1 is 1.14 bits per heavy atom. The minimum absolute atomic E-state index is 0.185. The second-order valence-electron chi connectivity index (χ2n) is 2.65. The molecular formula is C10H11BN2O. The van der Waals surface area contributed by atoms with Crippen LogP contribution in [-0.2, 0) is 0 Å². The Morgan fingerprint density at radius 3 is 2.36 bits per heavy atom. The van der Waals surface area contributed by atoms with Gasteiger partial charge in [0.15, 0.2) is 5.88 Å². The zero-order valence-electron chi connectivity index (χ0n) is 7.68. The summed E-state index contributed by atoms with van der Waals surface area (Å²) < 4.78 is 5.25. The van der Waals surface area contributed by atoms with Gasteiger partial charge >= 0.3 is 0 Å². The molecule has 0 aliphatic heterocycles. The summed E-state index contributed by atoms with van der Waals surface area (Å²) in [4.78, 5) is 0. The molecule has 0 saturated heterocycles. The molecule has 2 radical (unpaired) electrons. The number of allylic oxidation sites excluding steroid dienone is 2. The minimum atomic E-state index is 0.185. The van der Waals surface area contributed by atoms with E-state index in [4.69, 9.17) is 24.1 Å². The number of ether oxygens (including phenoxy) is 1. The lowest BCUT2D eigenvalue weighted by molar-refractivity contribution is 0.420. The summed E-state index contributed by atoms with van der Waals surface area (Å²) in [5.74, 6) is 0.912. The van der Waals surface area contributed by atoms with Gasteiger partial charge in [0.2, 0.25) is 0 Å². The van der Waals surface area contributed by atoms with E-state index in [2.05, 4.69) is 0 Å². The Bertz CT molecular complexity index is 342. The maximum Gasteiger partial charge on any atom is 0.190 e. The number of hydrogen-bond acceptors (Lipinski definition) is 3. The summed E-state index contributed by atoms with van der Waals surface area (Å²) in [7, 11) is 5.22. The van der Waals surface area contributed by atoms with Crippen molar-refractivity contribution in [1.82, 2.24) is 0 Å². The molecule has 0 spiro atoms. The molecule has 4 N–H and O–H groups in total. The van der Waals surface area contributed by atoms with E-state index in [-0.39, 0.29) is 11.5 Å². The number of nitrogens with two attached hydrogens (primary N) is 2. The van der Waals surface area contributed by atoms with E-state index in [1.165, 1.54) is 12.2 Å². The van der Waals surface area contributed by atoms with Gasteiger partial charge in [-0.3, -0.25) is 0 Å². The monoisotopic (exact) mass is 186 g/mol. The highest BCUT2D eigenvalue weighted by atomic mass is 16.5. The summed E-state index contributed by atoms with van der Waals surface area (Å²) in [6.45, 7) is 0. The van der Waals surface area contributed by atoms with Crippen LogP contribution in [-0.4, -0.2) is 7.85 Å². The second kappa shape index (κ2) is 5.02. The molecule has 0 aliphatic carbocycles. The van der Waals surface area contributed by atoms with Gasteiger partial charge in [0, 0.05) is 0 Å². The molecule has 1 aromatic rings. The van der Waals surface area contributed by atoms with Gasteiger partial charge in [-0.15, -0.1) is 0 Å². The second-order valence-corrected chi connectivity index (χ2v) is 2.65. The van der Waals surface area contributed by atoms with Gasteiger partial charge in [0.1, 0.15) is 13.6 Å². The quantitative estimate of drug-likeness (QED) is 0.417. The molecule has 1 rings (SSSR count). The van der Waals surface area contributed by atoms with Gasteiger partial charge in [-0.25, -0.2) is 0 Å².